The van der Waals surface area contributed by atoms with Crippen LogP contribution >= 0.6 is 0 Å². The van der Waals surface area contributed by atoms with E-state index in [0.29, 0.717) is 23.6 Å². The number of rotatable bonds is 7. The van der Waals surface area contributed by atoms with Gasteiger partial charge in [-0.15, -0.1) is 0 Å². The normalized spacial score (nSPS) is 15.3. The molecule has 0 bridgehead atoms. The largest absolute Gasteiger partial charge is 0.340 e. The van der Waals surface area contributed by atoms with Crippen molar-refractivity contribution in [2.45, 2.75) is 33.2 Å². The molecule has 1 N–H and O–H groups in total. The Bertz CT molecular complexity index is 1140. The van der Waals surface area contributed by atoms with Gasteiger partial charge >= 0.3 is 5.69 Å². The molecular weight excluding hydrogens is 392 g/mol. The third-order valence-electron chi connectivity index (χ3n) is 5.96. The van der Waals surface area contributed by atoms with Gasteiger partial charge in [-0.1, -0.05) is 44.2 Å². The first-order valence-electron chi connectivity index (χ1n) is 11.1. The molecule has 0 saturated carbocycles. The highest BCUT2D eigenvalue weighted by Gasteiger charge is 2.25. The summed E-state index contributed by atoms with van der Waals surface area (Å²) in [6.45, 7) is 9.92. The molecule has 3 aromatic rings. The van der Waals surface area contributed by atoms with Gasteiger partial charge in [-0.25, -0.2) is 4.79 Å². The SMILES string of the molecule is CC(C)CN1CCN(c2nc3c(c(=O)[nH]c(=O)n3C)n2CCCc2ccccc2)CC1. The van der Waals surface area contributed by atoms with E-state index < -0.39 is 5.69 Å². The Morgan fingerprint density at radius 1 is 1.06 bits per heavy atom. The molecule has 1 aromatic carbocycles. The molecule has 1 aliphatic rings. The lowest BCUT2D eigenvalue weighted by Gasteiger charge is -2.36. The molecule has 0 atom stereocenters. The highest BCUT2D eigenvalue weighted by atomic mass is 16.2. The van der Waals surface area contributed by atoms with Gasteiger partial charge in [0.2, 0.25) is 5.95 Å². The Morgan fingerprint density at radius 3 is 2.45 bits per heavy atom. The number of piperazine rings is 1. The second-order valence-corrected chi connectivity index (χ2v) is 8.82. The van der Waals surface area contributed by atoms with Crippen molar-refractivity contribution in [2.24, 2.45) is 13.0 Å². The molecule has 8 heteroatoms. The third kappa shape index (κ3) is 4.58. The number of anilines is 1. The fraction of sp³-hybridized carbons (Fsp3) is 0.522. The molecular formula is C23H32N6O2. The van der Waals surface area contributed by atoms with Gasteiger partial charge in [0.25, 0.3) is 5.56 Å². The number of aryl methyl sites for hydroxylation is 3. The highest BCUT2D eigenvalue weighted by molar-refractivity contribution is 5.74. The Kier molecular flexibility index (Phi) is 6.27. The number of H-pyrrole nitrogens is 1. The summed E-state index contributed by atoms with van der Waals surface area (Å²) in [5.74, 6) is 1.43. The highest BCUT2D eigenvalue weighted by Crippen LogP contribution is 2.22. The van der Waals surface area contributed by atoms with Crippen molar-refractivity contribution >= 4 is 17.1 Å². The van der Waals surface area contributed by atoms with E-state index in [1.807, 2.05) is 22.8 Å². The molecule has 1 fully saturated rings. The molecule has 1 aliphatic heterocycles. The first-order chi connectivity index (χ1) is 14.9. The number of hydrogen-bond donors (Lipinski definition) is 1. The second-order valence-electron chi connectivity index (χ2n) is 8.82. The van der Waals surface area contributed by atoms with Crippen molar-refractivity contribution in [1.82, 2.24) is 24.0 Å². The van der Waals surface area contributed by atoms with E-state index >= 15 is 0 Å². The molecule has 0 aliphatic carbocycles. The minimum atomic E-state index is -0.431. The minimum absolute atomic E-state index is 0.366. The molecule has 3 heterocycles. The maximum atomic E-state index is 12.7. The number of aromatic nitrogens is 4. The maximum Gasteiger partial charge on any atom is 0.329 e. The zero-order chi connectivity index (χ0) is 22.0. The number of fused-ring (bicyclic) bond motifs is 1. The topological polar surface area (TPSA) is 79.2 Å². The molecule has 0 unspecified atom stereocenters. The van der Waals surface area contributed by atoms with Crippen molar-refractivity contribution in [1.29, 1.82) is 0 Å². The van der Waals surface area contributed by atoms with Gasteiger partial charge in [-0.05, 0) is 24.3 Å². The summed E-state index contributed by atoms with van der Waals surface area (Å²) < 4.78 is 3.44. The van der Waals surface area contributed by atoms with E-state index in [1.165, 1.54) is 10.1 Å². The molecule has 31 heavy (non-hydrogen) atoms. The number of nitrogens with zero attached hydrogens (tertiary/aromatic N) is 5. The smallest absolute Gasteiger partial charge is 0.329 e. The first kappa shape index (κ1) is 21.4. The van der Waals surface area contributed by atoms with Gasteiger partial charge in [0.05, 0.1) is 0 Å². The Morgan fingerprint density at radius 2 is 1.77 bits per heavy atom. The van der Waals surface area contributed by atoms with Crippen LogP contribution < -0.4 is 16.1 Å². The Balaban J connectivity index is 1.63. The monoisotopic (exact) mass is 424 g/mol. The summed E-state index contributed by atoms with van der Waals surface area (Å²) in [6.07, 6.45) is 1.81. The Labute approximate surface area is 182 Å². The maximum absolute atomic E-state index is 12.7. The number of nitrogens with one attached hydrogen (secondary N) is 1. The summed E-state index contributed by atoms with van der Waals surface area (Å²) in [7, 11) is 1.66. The lowest BCUT2D eigenvalue weighted by molar-refractivity contribution is 0.230. The zero-order valence-electron chi connectivity index (χ0n) is 18.7. The van der Waals surface area contributed by atoms with Crippen molar-refractivity contribution in [2.75, 3.05) is 37.6 Å². The van der Waals surface area contributed by atoms with Crippen molar-refractivity contribution in [3.05, 3.63) is 56.7 Å². The van der Waals surface area contributed by atoms with Gasteiger partial charge in [-0.2, -0.15) is 4.98 Å². The van der Waals surface area contributed by atoms with E-state index in [9.17, 15) is 9.59 Å². The van der Waals surface area contributed by atoms with Crippen molar-refractivity contribution in [3.63, 3.8) is 0 Å². The predicted molar refractivity (Wildman–Crippen MR) is 124 cm³/mol. The van der Waals surface area contributed by atoms with Crippen LogP contribution in [0.25, 0.3) is 11.2 Å². The Hall–Kier alpha value is -2.87. The molecule has 8 nitrogen and oxygen atoms in total. The predicted octanol–water partition coefficient (Wildman–Crippen LogP) is 1.83. The van der Waals surface area contributed by atoms with E-state index in [-0.39, 0.29) is 5.56 Å². The van der Waals surface area contributed by atoms with Crippen LogP contribution in [0.3, 0.4) is 0 Å². The molecule has 0 spiro atoms. The van der Waals surface area contributed by atoms with Crippen molar-refractivity contribution in [3.8, 4) is 0 Å². The lowest BCUT2D eigenvalue weighted by atomic mass is 10.1. The second kappa shape index (κ2) is 9.09. The standard InChI is InChI=1S/C23H32N6O2/c1-17(2)16-27-12-14-28(15-13-27)22-24-20-19(21(30)25-23(31)26(20)3)29(22)11-7-10-18-8-5-4-6-9-18/h4-6,8-9,17H,7,10-16H2,1-3H3,(H,25,30,31). The van der Waals surface area contributed by atoms with E-state index in [2.05, 4.69) is 40.8 Å². The van der Waals surface area contributed by atoms with Crippen LogP contribution in [-0.4, -0.2) is 56.7 Å². The summed E-state index contributed by atoms with van der Waals surface area (Å²) >= 11 is 0. The molecule has 0 radical (unpaired) electrons. The summed E-state index contributed by atoms with van der Waals surface area (Å²) in [5.41, 5.74) is 1.41. The van der Waals surface area contributed by atoms with Crippen LogP contribution in [0, 0.1) is 5.92 Å². The number of aromatic amines is 1. The zero-order valence-corrected chi connectivity index (χ0v) is 18.7. The fourth-order valence-corrected chi connectivity index (χ4v) is 4.41. The van der Waals surface area contributed by atoms with Gasteiger partial charge in [0, 0.05) is 46.3 Å². The fourth-order valence-electron chi connectivity index (χ4n) is 4.41. The van der Waals surface area contributed by atoms with Crippen LogP contribution in [0.2, 0.25) is 0 Å². The molecule has 166 valence electrons. The molecule has 2 aromatic heterocycles. The molecule has 0 amide bonds. The van der Waals surface area contributed by atoms with Gasteiger partial charge in [0.15, 0.2) is 11.2 Å². The third-order valence-corrected chi connectivity index (χ3v) is 5.96. The lowest BCUT2D eigenvalue weighted by Crippen LogP contribution is -2.48. The average Bonchev–Trinajstić information content (AvgIpc) is 3.13. The van der Waals surface area contributed by atoms with Gasteiger partial charge in [0.1, 0.15) is 0 Å². The summed E-state index contributed by atoms with van der Waals surface area (Å²) in [6, 6.07) is 10.4. The van der Waals surface area contributed by atoms with Crippen LogP contribution in [0.15, 0.2) is 39.9 Å². The number of imidazole rings is 1. The number of hydrogen-bond acceptors (Lipinski definition) is 5. The van der Waals surface area contributed by atoms with Gasteiger partial charge < -0.3 is 9.47 Å². The van der Waals surface area contributed by atoms with Crippen molar-refractivity contribution < 1.29 is 0 Å². The van der Waals surface area contributed by atoms with Gasteiger partial charge in [-0.3, -0.25) is 19.2 Å². The van der Waals surface area contributed by atoms with Crippen LogP contribution in [0.4, 0.5) is 5.95 Å². The number of benzene rings is 1. The quantitative estimate of drug-likeness (QED) is 0.626. The average molecular weight is 425 g/mol. The van der Waals surface area contributed by atoms with E-state index in [1.54, 1.807) is 7.05 Å². The van der Waals surface area contributed by atoms with Crippen LogP contribution in [-0.2, 0) is 20.0 Å². The minimum Gasteiger partial charge on any atom is -0.340 e. The molecule has 1 saturated heterocycles. The first-order valence-corrected chi connectivity index (χ1v) is 11.1. The van der Waals surface area contributed by atoms with Crippen LogP contribution in [0.5, 0.6) is 0 Å². The summed E-state index contributed by atoms with van der Waals surface area (Å²) in [5, 5.41) is 0. The van der Waals surface area contributed by atoms with Crippen LogP contribution in [0.1, 0.15) is 25.8 Å². The van der Waals surface area contributed by atoms with E-state index in [0.717, 1.165) is 51.5 Å². The molecule has 4 rings (SSSR count). The summed E-state index contributed by atoms with van der Waals surface area (Å²) in [4.78, 5) is 36.8. The van der Waals surface area contributed by atoms with E-state index in [4.69, 9.17) is 4.98 Å².